The maximum absolute atomic E-state index is 12.2. The van der Waals surface area contributed by atoms with E-state index in [2.05, 4.69) is 0 Å². The number of rotatable bonds is 4. The maximum Gasteiger partial charge on any atom is 0.260 e. The van der Waals surface area contributed by atoms with E-state index in [0.717, 1.165) is 18.5 Å². The minimum Gasteiger partial charge on any atom is -0.483 e. The van der Waals surface area contributed by atoms with Crippen LogP contribution in [0, 0.1) is 0 Å². The van der Waals surface area contributed by atoms with Gasteiger partial charge in [0.05, 0.1) is 6.10 Å². The number of hydrogen-bond acceptors (Lipinski definition) is 4. The van der Waals surface area contributed by atoms with Crippen LogP contribution < -0.4 is 10.5 Å². The van der Waals surface area contributed by atoms with E-state index in [9.17, 15) is 4.79 Å². The lowest BCUT2D eigenvalue weighted by atomic mass is 10.2. The molecular formula is C15H22N2O3. The van der Waals surface area contributed by atoms with Crippen LogP contribution in [0.5, 0.6) is 5.75 Å². The molecule has 1 aromatic rings. The van der Waals surface area contributed by atoms with Gasteiger partial charge in [0, 0.05) is 31.8 Å². The predicted octanol–water partition coefficient (Wildman–Crippen LogP) is 1.16. The van der Waals surface area contributed by atoms with Crippen molar-refractivity contribution in [3.8, 4) is 5.75 Å². The predicted molar refractivity (Wildman–Crippen MR) is 76.4 cm³/mol. The molecule has 2 rings (SSSR count). The topological polar surface area (TPSA) is 64.8 Å². The SMILES string of the molecule is CC1CN(C(=O)COc2ccccc2CN)CCCO1. The fraction of sp³-hybridized carbons (Fsp3) is 0.533. The Morgan fingerprint density at radius 2 is 2.30 bits per heavy atom. The van der Waals surface area contributed by atoms with E-state index in [0.29, 0.717) is 25.4 Å². The third kappa shape index (κ3) is 3.95. The van der Waals surface area contributed by atoms with Crippen molar-refractivity contribution in [3.63, 3.8) is 0 Å². The number of amides is 1. The second-order valence-electron chi connectivity index (χ2n) is 4.98. The molecule has 5 nitrogen and oxygen atoms in total. The molecule has 110 valence electrons. The van der Waals surface area contributed by atoms with Gasteiger partial charge in [-0.2, -0.15) is 0 Å². The summed E-state index contributed by atoms with van der Waals surface area (Å²) in [6, 6.07) is 7.52. The van der Waals surface area contributed by atoms with Crippen molar-refractivity contribution in [1.29, 1.82) is 0 Å². The smallest absolute Gasteiger partial charge is 0.260 e. The van der Waals surface area contributed by atoms with Crippen LogP contribution in [-0.4, -0.2) is 43.2 Å². The van der Waals surface area contributed by atoms with E-state index in [1.807, 2.05) is 36.1 Å². The number of hydrogen-bond donors (Lipinski definition) is 1. The standard InChI is InChI=1S/C15H22N2O3/c1-12-10-17(7-4-8-19-12)15(18)11-20-14-6-3-2-5-13(14)9-16/h2-3,5-6,12H,4,7-11,16H2,1H3. The molecule has 2 N–H and O–H groups in total. The van der Waals surface area contributed by atoms with Gasteiger partial charge in [-0.05, 0) is 19.4 Å². The Morgan fingerprint density at radius 3 is 3.10 bits per heavy atom. The van der Waals surface area contributed by atoms with Gasteiger partial charge in [0.1, 0.15) is 5.75 Å². The number of carbonyl (C=O) groups is 1. The molecule has 1 aromatic carbocycles. The second-order valence-corrected chi connectivity index (χ2v) is 4.98. The van der Waals surface area contributed by atoms with Gasteiger partial charge in [-0.1, -0.05) is 18.2 Å². The van der Waals surface area contributed by atoms with Crippen molar-refractivity contribution >= 4 is 5.91 Å². The zero-order chi connectivity index (χ0) is 14.4. The highest BCUT2D eigenvalue weighted by Crippen LogP contribution is 2.17. The number of nitrogens with two attached hydrogens (primary N) is 1. The zero-order valence-corrected chi connectivity index (χ0v) is 11.9. The lowest BCUT2D eigenvalue weighted by Gasteiger charge is -2.22. The molecule has 1 heterocycles. The maximum atomic E-state index is 12.2. The number of nitrogens with zero attached hydrogens (tertiary/aromatic N) is 1. The average Bonchev–Trinajstić information content (AvgIpc) is 2.69. The summed E-state index contributed by atoms with van der Waals surface area (Å²) in [5.41, 5.74) is 6.56. The van der Waals surface area contributed by atoms with Crippen molar-refractivity contribution in [1.82, 2.24) is 4.90 Å². The van der Waals surface area contributed by atoms with Crippen molar-refractivity contribution in [2.75, 3.05) is 26.3 Å². The Balaban J connectivity index is 1.91. The van der Waals surface area contributed by atoms with E-state index in [1.54, 1.807) is 0 Å². The van der Waals surface area contributed by atoms with E-state index in [-0.39, 0.29) is 18.6 Å². The van der Waals surface area contributed by atoms with Crippen LogP contribution in [-0.2, 0) is 16.1 Å². The molecule has 1 aliphatic rings. The van der Waals surface area contributed by atoms with Gasteiger partial charge in [-0.25, -0.2) is 0 Å². The van der Waals surface area contributed by atoms with E-state index in [4.69, 9.17) is 15.2 Å². The minimum absolute atomic E-state index is 0.00539. The quantitative estimate of drug-likeness (QED) is 0.897. The summed E-state index contributed by atoms with van der Waals surface area (Å²) >= 11 is 0. The molecule has 20 heavy (non-hydrogen) atoms. The molecule has 0 saturated carbocycles. The molecule has 1 aliphatic heterocycles. The Labute approximate surface area is 119 Å². The molecule has 0 bridgehead atoms. The van der Waals surface area contributed by atoms with Crippen LogP contribution in [0.3, 0.4) is 0 Å². The highest BCUT2D eigenvalue weighted by atomic mass is 16.5. The van der Waals surface area contributed by atoms with Crippen LogP contribution in [0.25, 0.3) is 0 Å². The first kappa shape index (κ1) is 14.8. The van der Waals surface area contributed by atoms with Gasteiger partial charge in [-0.15, -0.1) is 0 Å². The van der Waals surface area contributed by atoms with E-state index >= 15 is 0 Å². The molecule has 0 aromatic heterocycles. The molecule has 1 fully saturated rings. The number of para-hydroxylation sites is 1. The van der Waals surface area contributed by atoms with Crippen LogP contribution in [0.2, 0.25) is 0 Å². The largest absolute Gasteiger partial charge is 0.483 e. The van der Waals surface area contributed by atoms with Crippen molar-refractivity contribution < 1.29 is 14.3 Å². The van der Waals surface area contributed by atoms with Gasteiger partial charge in [0.25, 0.3) is 5.91 Å². The molecule has 5 heteroatoms. The summed E-state index contributed by atoms with van der Waals surface area (Å²) in [5, 5.41) is 0. The number of carbonyl (C=O) groups excluding carboxylic acids is 1. The molecular weight excluding hydrogens is 256 g/mol. The minimum atomic E-state index is -0.00539. The van der Waals surface area contributed by atoms with Crippen LogP contribution in [0.15, 0.2) is 24.3 Å². The molecule has 1 unspecified atom stereocenters. The van der Waals surface area contributed by atoms with Crippen molar-refractivity contribution in [2.24, 2.45) is 5.73 Å². The summed E-state index contributed by atoms with van der Waals surface area (Å²) in [6.45, 7) is 4.49. The van der Waals surface area contributed by atoms with Crippen molar-refractivity contribution in [3.05, 3.63) is 29.8 Å². The third-order valence-electron chi connectivity index (χ3n) is 3.35. The highest BCUT2D eigenvalue weighted by molar-refractivity contribution is 5.77. The summed E-state index contributed by atoms with van der Waals surface area (Å²) in [6.07, 6.45) is 0.952. The first-order valence-corrected chi connectivity index (χ1v) is 7.01. The molecule has 0 aliphatic carbocycles. The lowest BCUT2D eigenvalue weighted by Crippen LogP contribution is -2.38. The molecule has 1 amide bonds. The Morgan fingerprint density at radius 1 is 1.50 bits per heavy atom. The number of benzene rings is 1. The Bertz CT molecular complexity index is 450. The van der Waals surface area contributed by atoms with Crippen molar-refractivity contribution in [2.45, 2.75) is 26.0 Å². The third-order valence-corrected chi connectivity index (χ3v) is 3.35. The Hall–Kier alpha value is -1.59. The van der Waals surface area contributed by atoms with Crippen LogP contribution in [0.4, 0.5) is 0 Å². The van der Waals surface area contributed by atoms with Gasteiger partial charge >= 0.3 is 0 Å². The average molecular weight is 278 g/mol. The Kier molecular flexibility index (Phi) is 5.38. The fourth-order valence-electron chi connectivity index (χ4n) is 2.26. The molecule has 0 radical (unpaired) electrons. The molecule has 1 saturated heterocycles. The van der Waals surface area contributed by atoms with E-state index in [1.165, 1.54) is 0 Å². The summed E-state index contributed by atoms with van der Waals surface area (Å²) in [7, 11) is 0. The van der Waals surface area contributed by atoms with Gasteiger partial charge in [0.15, 0.2) is 6.61 Å². The monoisotopic (exact) mass is 278 g/mol. The van der Waals surface area contributed by atoms with E-state index < -0.39 is 0 Å². The summed E-state index contributed by atoms with van der Waals surface area (Å²) < 4.78 is 11.1. The normalized spacial score (nSPS) is 19.5. The fourth-order valence-corrected chi connectivity index (χ4v) is 2.26. The van der Waals surface area contributed by atoms with Crippen LogP contribution in [0.1, 0.15) is 18.9 Å². The zero-order valence-electron chi connectivity index (χ0n) is 11.9. The van der Waals surface area contributed by atoms with Crippen LogP contribution >= 0.6 is 0 Å². The molecule has 1 atom stereocenters. The molecule has 0 spiro atoms. The first-order chi connectivity index (χ1) is 9.70. The summed E-state index contributed by atoms with van der Waals surface area (Å²) in [5.74, 6) is 0.677. The number of ether oxygens (including phenoxy) is 2. The van der Waals surface area contributed by atoms with Gasteiger partial charge in [-0.3, -0.25) is 4.79 Å². The van der Waals surface area contributed by atoms with Gasteiger partial charge < -0.3 is 20.1 Å². The lowest BCUT2D eigenvalue weighted by molar-refractivity contribution is -0.134. The first-order valence-electron chi connectivity index (χ1n) is 7.01. The summed E-state index contributed by atoms with van der Waals surface area (Å²) in [4.78, 5) is 14.0. The second kappa shape index (κ2) is 7.26. The van der Waals surface area contributed by atoms with Gasteiger partial charge in [0.2, 0.25) is 0 Å². The highest BCUT2D eigenvalue weighted by Gasteiger charge is 2.20.